The van der Waals surface area contributed by atoms with Crippen molar-refractivity contribution in [1.82, 2.24) is 9.78 Å². The average Bonchev–Trinajstić information content (AvgIpc) is 3.01. The summed E-state index contributed by atoms with van der Waals surface area (Å²) < 4.78 is 7.52. The Labute approximate surface area is 118 Å². The Bertz CT molecular complexity index is 483. The van der Waals surface area contributed by atoms with Crippen molar-refractivity contribution in [3.05, 3.63) is 12.3 Å². The molecule has 1 aliphatic heterocycles. The lowest BCUT2D eigenvalue weighted by molar-refractivity contribution is -0.126. The maximum atomic E-state index is 12.2. The monoisotopic (exact) mass is 278 g/mol. The Balaban J connectivity index is 1.63. The van der Waals surface area contributed by atoms with E-state index in [2.05, 4.69) is 17.3 Å². The number of ether oxygens (including phenoxy) is 1. The van der Waals surface area contributed by atoms with Crippen LogP contribution in [0.1, 0.15) is 38.6 Å². The first kappa shape index (κ1) is 13.6. The first-order chi connectivity index (χ1) is 9.69. The predicted molar refractivity (Wildman–Crippen MR) is 75.2 cm³/mol. The highest BCUT2D eigenvalue weighted by Crippen LogP contribution is 2.40. The molecule has 3 N–H and O–H groups in total. The number of carbonyl (C=O) groups is 1. The number of rotatable bonds is 5. The molecule has 3 rings (SSSR count). The molecule has 2 fully saturated rings. The van der Waals surface area contributed by atoms with Crippen molar-refractivity contribution >= 4 is 11.7 Å². The van der Waals surface area contributed by atoms with Crippen molar-refractivity contribution in [2.75, 3.05) is 11.9 Å². The summed E-state index contributed by atoms with van der Waals surface area (Å²) >= 11 is 0. The van der Waals surface area contributed by atoms with Gasteiger partial charge >= 0.3 is 0 Å². The van der Waals surface area contributed by atoms with Gasteiger partial charge in [0.05, 0.1) is 18.3 Å². The van der Waals surface area contributed by atoms with Gasteiger partial charge in [0.15, 0.2) is 0 Å². The molecule has 0 aromatic carbocycles. The highest BCUT2D eigenvalue weighted by Gasteiger charge is 2.33. The van der Waals surface area contributed by atoms with E-state index in [1.807, 2.05) is 10.7 Å². The van der Waals surface area contributed by atoms with Gasteiger partial charge in [-0.05, 0) is 38.5 Å². The fourth-order valence-electron chi connectivity index (χ4n) is 2.79. The van der Waals surface area contributed by atoms with Crippen LogP contribution >= 0.6 is 0 Å². The molecule has 1 unspecified atom stereocenters. The Hall–Kier alpha value is -1.40. The van der Waals surface area contributed by atoms with Crippen molar-refractivity contribution in [3.63, 3.8) is 0 Å². The van der Waals surface area contributed by atoms with E-state index >= 15 is 0 Å². The van der Waals surface area contributed by atoms with Crippen LogP contribution in [0, 0.1) is 5.92 Å². The van der Waals surface area contributed by atoms with Gasteiger partial charge in [0.25, 0.3) is 5.91 Å². The number of carbonyl (C=O) groups excluding carboxylic acids is 1. The van der Waals surface area contributed by atoms with Gasteiger partial charge in [0.1, 0.15) is 11.9 Å². The topological polar surface area (TPSA) is 82.2 Å². The molecule has 0 bridgehead atoms. The Morgan fingerprint density at radius 1 is 1.55 bits per heavy atom. The fourth-order valence-corrected chi connectivity index (χ4v) is 2.79. The van der Waals surface area contributed by atoms with E-state index in [1.54, 1.807) is 6.20 Å². The molecule has 1 amide bonds. The standard InChI is InChI=1S/C14H22N4O2/c1-9(10-2-3-10)18-13(6-7-16-18)17-14(19)12-5-4-11(8-15)20-12/h6-7,9-12H,2-5,8,15H2,1H3,(H,17,19)/t9?,11-,12+/m1/s1. The molecule has 1 aliphatic carbocycles. The van der Waals surface area contributed by atoms with Crippen LogP contribution in [0.4, 0.5) is 5.82 Å². The van der Waals surface area contributed by atoms with Gasteiger partial charge in [-0.25, -0.2) is 4.68 Å². The number of hydrogen-bond acceptors (Lipinski definition) is 4. The summed E-state index contributed by atoms with van der Waals surface area (Å²) in [6.07, 6.45) is 5.44. The van der Waals surface area contributed by atoms with E-state index in [-0.39, 0.29) is 18.1 Å². The van der Waals surface area contributed by atoms with Crippen LogP contribution in [-0.4, -0.2) is 34.4 Å². The van der Waals surface area contributed by atoms with Gasteiger partial charge in [-0.2, -0.15) is 5.10 Å². The van der Waals surface area contributed by atoms with Crippen molar-refractivity contribution in [2.24, 2.45) is 11.7 Å². The SMILES string of the molecule is CC(C1CC1)n1nccc1NC(=O)[C@@H]1CC[C@H](CN)O1. The van der Waals surface area contributed by atoms with Crippen LogP contribution in [0.25, 0.3) is 0 Å². The quantitative estimate of drug-likeness (QED) is 0.850. The summed E-state index contributed by atoms with van der Waals surface area (Å²) in [4.78, 5) is 12.2. The highest BCUT2D eigenvalue weighted by molar-refractivity contribution is 5.93. The third-order valence-corrected chi connectivity index (χ3v) is 4.27. The van der Waals surface area contributed by atoms with Gasteiger partial charge in [0.2, 0.25) is 0 Å². The van der Waals surface area contributed by atoms with E-state index in [0.29, 0.717) is 18.5 Å². The molecule has 110 valence electrons. The molecule has 1 saturated heterocycles. The minimum atomic E-state index is -0.386. The summed E-state index contributed by atoms with van der Waals surface area (Å²) in [7, 11) is 0. The Morgan fingerprint density at radius 3 is 3.00 bits per heavy atom. The number of hydrogen-bond donors (Lipinski definition) is 2. The molecule has 2 aliphatic rings. The molecule has 1 aromatic rings. The van der Waals surface area contributed by atoms with Gasteiger partial charge < -0.3 is 15.8 Å². The lowest BCUT2D eigenvalue weighted by Gasteiger charge is -2.17. The van der Waals surface area contributed by atoms with Crippen LogP contribution in [0.5, 0.6) is 0 Å². The van der Waals surface area contributed by atoms with Gasteiger partial charge in [0, 0.05) is 12.6 Å². The smallest absolute Gasteiger partial charge is 0.254 e. The summed E-state index contributed by atoms with van der Waals surface area (Å²) in [5.41, 5.74) is 5.57. The van der Waals surface area contributed by atoms with Crippen molar-refractivity contribution in [2.45, 2.75) is 50.9 Å². The minimum Gasteiger partial charge on any atom is -0.364 e. The van der Waals surface area contributed by atoms with Gasteiger partial charge in [-0.15, -0.1) is 0 Å². The third kappa shape index (κ3) is 2.71. The second-order valence-corrected chi connectivity index (χ2v) is 5.79. The predicted octanol–water partition coefficient (Wildman–Crippen LogP) is 1.30. The van der Waals surface area contributed by atoms with E-state index < -0.39 is 0 Å². The zero-order valence-corrected chi connectivity index (χ0v) is 11.8. The van der Waals surface area contributed by atoms with E-state index in [1.165, 1.54) is 12.8 Å². The van der Waals surface area contributed by atoms with E-state index in [0.717, 1.165) is 18.7 Å². The summed E-state index contributed by atoms with van der Waals surface area (Å²) in [6, 6.07) is 2.17. The van der Waals surface area contributed by atoms with Crippen LogP contribution in [0.2, 0.25) is 0 Å². The van der Waals surface area contributed by atoms with Crippen molar-refractivity contribution < 1.29 is 9.53 Å². The first-order valence-corrected chi connectivity index (χ1v) is 7.39. The summed E-state index contributed by atoms with van der Waals surface area (Å²) in [5.74, 6) is 1.36. The molecule has 1 aromatic heterocycles. The number of anilines is 1. The lowest BCUT2D eigenvalue weighted by atomic mass is 10.2. The molecule has 6 nitrogen and oxygen atoms in total. The van der Waals surface area contributed by atoms with Crippen molar-refractivity contribution in [1.29, 1.82) is 0 Å². The van der Waals surface area contributed by atoms with E-state index in [9.17, 15) is 4.79 Å². The Kier molecular flexibility index (Phi) is 3.76. The summed E-state index contributed by atoms with van der Waals surface area (Å²) in [6.45, 7) is 2.62. The molecule has 0 radical (unpaired) electrons. The average molecular weight is 278 g/mol. The summed E-state index contributed by atoms with van der Waals surface area (Å²) in [5, 5.41) is 7.27. The third-order valence-electron chi connectivity index (χ3n) is 4.27. The molecular weight excluding hydrogens is 256 g/mol. The number of amides is 1. The van der Waals surface area contributed by atoms with Gasteiger partial charge in [-0.3, -0.25) is 4.79 Å². The second kappa shape index (κ2) is 5.54. The van der Waals surface area contributed by atoms with Crippen molar-refractivity contribution in [3.8, 4) is 0 Å². The molecule has 2 heterocycles. The molecular formula is C14H22N4O2. The lowest BCUT2D eigenvalue weighted by Crippen LogP contribution is -2.31. The van der Waals surface area contributed by atoms with Crippen LogP contribution < -0.4 is 11.1 Å². The number of nitrogens with one attached hydrogen (secondary N) is 1. The zero-order chi connectivity index (χ0) is 14.1. The Morgan fingerprint density at radius 2 is 2.35 bits per heavy atom. The molecule has 6 heteroatoms. The number of aromatic nitrogens is 2. The number of nitrogens with zero attached hydrogens (tertiary/aromatic N) is 2. The van der Waals surface area contributed by atoms with Crippen LogP contribution in [0.15, 0.2) is 12.3 Å². The van der Waals surface area contributed by atoms with Gasteiger partial charge in [-0.1, -0.05) is 0 Å². The highest BCUT2D eigenvalue weighted by atomic mass is 16.5. The molecule has 20 heavy (non-hydrogen) atoms. The molecule has 1 saturated carbocycles. The normalized spacial score (nSPS) is 27.5. The largest absolute Gasteiger partial charge is 0.364 e. The molecule has 3 atom stereocenters. The van der Waals surface area contributed by atoms with E-state index in [4.69, 9.17) is 10.5 Å². The first-order valence-electron chi connectivity index (χ1n) is 7.39. The zero-order valence-electron chi connectivity index (χ0n) is 11.8. The fraction of sp³-hybridized carbons (Fsp3) is 0.714. The maximum Gasteiger partial charge on any atom is 0.254 e. The molecule has 0 spiro atoms. The van der Waals surface area contributed by atoms with Crippen LogP contribution in [0.3, 0.4) is 0 Å². The number of nitrogens with two attached hydrogens (primary N) is 1. The maximum absolute atomic E-state index is 12.2. The van der Waals surface area contributed by atoms with Crippen LogP contribution in [-0.2, 0) is 9.53 Å². The second-order valence-electron chi connectivity index (χ2n) is 5.79. The minimum absolute atomic E-state index is 0.0149.